The lowest BCUT2D eigenvalue weighted by molar-refractivity contribution is 0.220. The molecule has 0 N–H and O–H groups in total. The molecule has 0 aliphatic rings. The van der Waals surface area contributed by atoms with Gasteiger partial charge in [0.15, 0.2) is 0 Å². The minimum absolute atomic E-state index is 0.539. The van der Waals surface area contributed by atoms with Gasteiger partial charge >= 0.3 is 0 Å². The monoisotopic (exact) mass is 340 g/mol. The van der Waals surface area contributed by atoms with E-state index in [1.54, 1.807) is 0 Å². The average Bonchev–Trinajstić information content (AvgIpc) is 2.43. The summed E-state index contributed by atoms with van der Waals surface area (Å²) in [5.41, 5.74) is 0.539. The van der Waals surface area contributed by atoms with Crippen LogP contribution in [0.1, 0.15) is 127 Å². The van der Waals surface area contributed by atoms with Crippen LogP contribution in [-0.4, -0.2) is 0 Å². The van der Waals surface area contributed by atoms with Crippen LogP contribution in [0.4, 0.5) is 0 Å². The van der Waals surface area contributed by atoms with E-state index in [-0.39, 0.29) is 0 Å². The fourth-order valence-corrected chi connectivity index (χ4v) is 2.70. The van der Waals surface area contributed by atoms with E-state index in [1.807, 2.05) is 0 Å². The topological polar surface area (TPSA) is 0 Å². The van der Waals surface area contributed by atoms with Gasteiger partial charge in [0, 0.05) is 0 Å². The normalized spacial score (nSPS) is 12.2. The van der Waals surface area contributed by atoms with Gasteiger partial charge in [0.05, 0.1) is 0 Å². The van der Waals surface area contributed by atoms with E-state index < -0.39 is 0 Å². The molecule has 0 rings (SSSR count). The molecule has 0 nitrogen and oxygen atoms in total. The van der Waals surface area contributed by atoms with E-state index in [2.05, 4.69) is 69.2 Å². The maximum atomic E-state index is 2.40. The first-order valence-corrected chi connectivity index (χ1v) is 11.0. The van der Waals surface area contributed by atoms with Crippen LogP contribution in [0.25, 0.3) is 0 Å². The van der Waals surface area contributed by atoms with Crippen molar-refractivity contribution in [1.29, 1.82) is 0 Å². The van der Waals surface area contributed by atoms with E-state index in [1.165, 1.54) is 57.8 Å². The highest BCUT2D eigenvalue weighted by Crippen LogP contribution is 2.32. The zero-order valence-electron chi connectivity index (χ0n) is 19.2. The third-order valence-electron chi connectivity index (χ3n) is 5.48. The van der Waals surface area contributed by atoms with Gasteiger partial charge in [-0.2, -0.15) is 0 Å². The third-order valence-corrected chi connectivity index (χ3v) is 5.48. The van der Waals surface area contributed by atoms with E-state index in [0.29, 0.717) is 5.41 Å². The first kappa shape index (κ1) is 26.2. The maximum Gasteiger partial charge on any atom is -0.0331 e. The number of hydrogen-bond acceptors (Lipinski definition) is 0. The summed E-state index contributed by atoms with van der Waals surface area (Å²) in [6.07, 6.45) is 12.7. The summed E-state index contributed by atoms with van der Waals surface area (Å²) >= 11 is 0. The lowest BCUT2D eigenvalue weighted by Crippen LogP contribution is -2.18. The highest BCUT2D eigenvalue weighted by molar-refractivity contribution is 4.72. The molecule has 0 amide bonds. The maximum absolute atomic E-state index is 2.40. The predicted molar refractivity (Wildman–Crippen MR) is 115 cm³/mol. The average molecular weight is 341 g/mol. The molecule has 0 fully saturated rings. The molecule has 0 aromatic rings. The quantitative estimate of drug-likeness (QED) is 0.311. The Balaban J connectivity index is 0. The number of hydrogen-bond donors (Lipinski definition) is 0. The molecule has 0 aromatic carbocycles. The predicted octanol–water partition coefficient (Wildman–Crippen LogP) is 9.13. The fraction of sp³-hybridized carbons (Fsp3) is 1.00. The first-order valence-electron chi connectivity index (χ1n) is 11.0. The Morgan fingerprint density at radius 3 is 1.12 bits per heavy atom. The van der Waals surface area contributed by atoms with Crippen molar-refractivity contribution in [1.82, 2.24) is 0 Å². The molecule has 0 aliphatic heterocycles. The van der Waals surface area contributed by atoms with E-state index >= 15 is 0 Å². The Morgan fingerprint density at radius 2 is 0.833 bits per heavy atom. The molecule has 0 heteroatoms. The van der Waals surface area contributed by atoms with Crippen molar-refractivity contribution in [3.8, 4) is 0 Å². The van der Waals surface area contributed by atoms with E-state index in [0.717, 1.165) is 23.7 Å². The summed E-state index contributed by atoms with van der Waals surface area (Å²) < 4.78 is 0. The molecular formula is C24H52. The lowest BCUT2D eigenvalue weighted by Gasteiger charge is -2.29. The zero-order valence-corrected chi connectivity index (χ0v) is 19.2. The number of unbranched alkanes of at least 4 members (excludes halogenated alkanes) is 3. The van der Waals surface area contributed by atoms with Gasteiger partial charge in [0.25, 0.3) is 0 Å². The summed E-state index contributed by atoms with van der Waals surface area (Å²) in [6.45, 7) is 23.3. The minimum atomic E-state index is 0.539. The summed E-state index contributed by atoms with van der Waals surface area (Å²) in [5, 5.41) is 0. The molecule has 0 heterocycles. The second-order valence-electron chi connectivity index (χ2n) is 10.2. The second kappa shape index (κ2) is 15.3. The van der Waals surface area contributed by atoms with Crippen molar-refractivity contribution >= 4 is 0 Å². The van der Waals surface area contributed by atoms with Crippen LogP contribution in [0.5, 0.6) is 0 Å². The molecule has 0 unspecified atom stereocenters. The Kier molecular flexibility index (Phi) is 16.7. The Morgan fingerprint density at radius 1 is 0.500 bits per heavy atom. The van der Waals surface area contributed by atoms with Crippen LogP contribution in [0.15, 0.2) is 0 Å². The molecule has 0 spiro atoms. The molecule has 0 aliphatic carbocycles. The SMILES string of the molecule is CC(C)CCCCC(C)(C)C(C)C.CC(C)CCCCCC(C)C. The summed E-state index contributed by atoms with van der Waals surface area (Å²) in [5.74, 6) is 3.48. The van der Waals surface area contributed by atoms with Crippen LogP contribution in [-0.2, 0) is 0 Å². The Labute approximate surface area is 156 Å². The Bertz CT molecular complexity index is 235. The number of rotatable bonds is 12. The second-order valence-corrected chi connectivity index (χ2v) is 10.2. The van der Waals surface area contributed by atoms with Crippen molar-refractivity contribution in [2.75, 3.05) is 0 Å². The van der Waals surface area contributed by atoms with Crippen LogP contribution in [0, 0.1) is 29.1 Å². The van der Waals surface area contributed by atoms with Gasteiger partial charge in [-0.15, -0.1) is 0 Å². The van der Waals surface area contributed by atoms with Gasteiger partial charge in [0.1, 0.15) is 0 Å². The zero-order chi connectivity index (χ0) is 19.2. The summed E-state index contributed by atoms with van der Waals surface area (Å²) in [4.78, 5) is 0. The molecule has 24 heavy (non-hydrogen) atoms. The molecule has 0 radical (unpaired) electrons. The smallest absolute Gasteiger partial charge is 0.0331 e. The van der Waals surface area contributed by atoms with Gasteiger partial charge in [-0.05, 0) is 35.5 Å². The van der Waals surface area contributed by atoms with Crippen molar-refractivity contribution in [2.24, 2.45) is 29.1 Å². The van der Waals surface area contributed by atoms with Crippen LogP contribution >= 0.6 is 0 Å². The van der Waals surface area contributed by atoms with Crippen molar-refractivity contribution in [3.05, 3.63) is 0 Å². The highest BCUT2D eigenvalue weighted by Gasteiger charge is 2.21. The highest BCUT2D eigenvalue weighted by atomic mass is 14.3. The summed E-state index contributed by atoms with van der Waals surface area (Å²) in [6, 6.07) is 0. The molecule has 0 saturated carbocycles. The fourth-order valence-electron chi connectivity index (χ4n) is 2.70. The van der Waals surface area contributed by atoms with Crippen LogP contribution < -0.4 is 0 Å². The van der Waals surface area contributed by atoms with Gasteiger partial charge in [-0.3, -0.25) is 0 Å². The minimum Gasteiger partial charge on any atom is -0.0628 e. The van der Waals surface area contributed by atoms with Crippen molar-refractivity contribution in [2.45, 2.75) is 127 Å². The molecule has 0 bridgehead atoms. The standard InChI is InChI=1S/C13H28.C11H24/c1-11(2)9-7-8-10-13(5,6)12(3)4;1-10(2)8-6-5-7-9-11(3)4/h11-12H,7-10H2,1-6H3;10-11H,5-9H2,1-4H3. The van der Waals surface area contributed by atoms with Crippen LogP contribution in [0.2, 0.25) is 0 Å². The Hall–Kier alpha value is 0. The summed E-state index contributed by atoms with van der Waals surface area (Å²) in [7, 11) is 0. The van der Waals surface area contributed by atoms with Gasteiger partial charge in [0.2, 0.25) is 0 Å². The molecule has 0 saturated heterocycles. The molecule has 0 atom stereocenters. The molecule has 148 valence electrons. The first-order chi connectivity index (χ1) is 11.0. The molecule has 0 aromatic heterocycles. The van der Waals surface area contributed by atoms with E-state index in [4.69, 9.17) is 0 Å². The third kappa shape index (κ3) is 20.0. The largest absolute Gasteiger partial charge is 0.0628 e. The van der Waals surface area contributed by atoms with Crippen LogP contribution in [0.3, 0.4) is 0 Å². The molecular weight excluding hydrogens is 288 g/mol. The van der Waals surface area contributed by atoms with Gasteiger partial charge < -0.3 is 0 Å². The van der Waals surface area contributed by atoms with Gasteiger partial charge in [-0.1, -0.05) is 121 Å². The van der Waals surface area contributed by atoms with Gasteiger partial charge in [-0.25, -0.2) is 0 Å². The lowest BCUT2D eigenvalue weighted by atomic mass is 9.77. The van der Waals surface area contributed by atoms with Crippen molar-refractivity contribution in [3.63, 3.8) is 0 Å². The van der Waals surface area contributed by atoms with E-state index in [9.17, 15) is 0 Å². The van der Waals surface area contributed by atoms with Crippen molar-refractivity contribution < 1.29 is 0 Å².